The van der Waals surface area contributed by atoms with Crippen LogP contribution in [-0.4, -0.2) is 0 Å². The van der Waals surface area contributed by atoms with Gasteiger partial charge in [0.05, 0.1) is 0 Å². The molecule has 3 atom stereocenters. The van der Waals surface area contributed by atoms with Crippen LogP contribution in [0.3, 0.4) is 0 Å². The summed E-state index contributed by atoms with van der Waals surface area (Å²) in [6.07, 6.45) is 5.84. The molecular weight excluding hydrogens is 120 g/mol. The Labute approximate surface area is 65.0 Å². The molecular formula is C10H20. The van der Waals surface area contributed by atoms with Crippen LogP contribution in [0.1, 0.15) is 46.5 Å². The standard InChI is InChI=1S/C10H20/c1-4-8(2)7-10-6-5-9(10)3/h8-10H,4-7H2,1-3H3. The molecule has 3 unspecified atom stereocenters. The van der Waals surface area contributed by atoms with Crippen molar-refractivity contribution >= 4 is 0 Å². The third-order valence-corrected chi connectivity index (χ3v) is 3.20. The van der Waals surface area contributed by atoms with Gasteiger partial charge < -0.3 is 0 Å². The van der Waals surface area contributed by atoms with Gasteiger partial charge in [0.25, 0.3) is 0 Å². The van der Waals surface area contributed by atoms with Gasteiger partial charge in [-0.05, 0) is 30.6 Å². The zero-order valence-electron chi connectivity index (χ0n) is 7.56. The van der Waals surface area contributed by atoms with Gasteiger partial charge in [0, 0.05) is 0 Å². The summed E-state index contributed by atoms with van der Waals surface area (Å²) in [5.41, 5.74) is 0. The lowest BCUT2D eigenvalue weighted by atomic mass is 9.71. The van der Waals surface area contributed by atoms with Gasteiger partial charge in [0.2, 0.25) is 0 Å². The molecule has 60 valence electrons. The van der Waals surface area contributed by atoms with Crippen LogP contribution < -0.4 is 0 Å². The molecule has 0 aromatic rings. The molecule has 0 nitrogen and oxygen atoms in total. The van der Waals surface area contributed by atoms with E-state index in [-0.39, 0.29) is 0 Å². The largest absolute Gasteiger partial charge is 0.0651 e. The summed E-state index contributed by atoms with van der Waals surface area (Å²) in [6, 6.07) is 0. The Morgan fingerprint density at radius 1 is 1.40 bits per heavy atom. The molecule has 0 bridgehead atoms. The lowest BCUT2D eigenvalue weighted by Gasteiger charge is -2.35. The average molecular weight is 140 g/mol. The minimum Gasteiger partial charge on any atom is -0.0651 e. The quantitative estimate of drug-likeness (QED) is 0.563. The van der Waals surface area contributed by atoms with E-state index in [1.54, 1.807) is 0 Å². The lowest BCUT2D eigenvalue weighted by Crippen LogP contribution is -2.24. The summed E-state index contributed by atoms with van der Waals surface area (Å²) in [5.74, 6) is 3.08. The highest BCUT2D eigenvalue weighted by molar-refractivity contribution is 4.78. The highest BCUT2D eigenvalue weighted by atomic mass is 14.3. The van der Waals surface area contributed by atoms with Crippen LogP contribution in [0, 0.1) is 17.8 Å². The molecule has 0 N–H and O–H groups in total. The van der Waals surface area contributed by atoms with E-state index < -0.39 is 0 Å². The Bertz CT molecular complexity index is 96.2. The summed E-state index contributed by atoms with van der Waals surface area (Å²) in [4.78, 5) is 0. The number of hydrogen-bond donors (Lipinski definition) is 0. The average Bonchev–Trinajstić information content (AvgIpc) is 1.96. The molecule has 0 aliphatic heterocycles. The van der Waals surface area contributed by atoms with Gasteiger partial charge >= 0.3 is 0 Å². The van der Waals surface area contributed by atoms with Crippen molar-refractivity contribution in [3.8, 4) is 0 Å². The van der Waals surface area contributed by atoms with E-state index in [9.17, 15) is 0 Å². The molecule has 10 heavy (non-hydrogen) atoms. The minimum atomic E-state index is 0.966. The molecule has 1 saturated carbocycles. The first-order valence-corrected chi connectivity index (χ1v) is 4.74. The van der Waals surface area contributed by atoms with Gasteiger partial charge in [0.15, 0.2) is 0 Å². The van der Waals surface area contributed by atoms with Gasteiger partial charge in [0.1, 0.15) is 0 Å². The monoisotopic (exact) mass is 140 g/mol. The van der Waals surface area contributed by atoms with Crippen molar-refractivity contribution in [2.24, 2.45) is 17.8 Å². The molecule has 0 heterocycles. The van der Waals surface area contributed by atoms with Crippen molar-refractivity contribution in [2.75, 3.05) is 0 Å². The zero-order valence-corrected chi connectivity index (χ0v) is 7.56. The van der Waals surface area contributed by atoms with Crippen LogP contribution in [0.2, 0.25) is 0 Å². The van der Waals surface area contributed by atoms with Crippen molar-refractivity contribution in [1.29, 1.82) is 0 Å². The van der Waals surface area contributed by atoms with Crippen molar-refractivity contribution < 1.29 is 0 Å². The Morgan fingerprint density at radius 2 is 2.10 bits per heavy atom. The Balaban J connectivity index is 2.12. The first-order valence-electron chi connectivity index (χ1n) is 4.74. The zero-order chi connectivity index (χ0) is 7.56. The van der Waals surface area contributed by atoms with E-state index >= 15 is 0 Å². The summed E-state index contributed by atoms with van der Waals surface area (Å²) in [6.45, 7) is 7.08. The van der Waals surface area contributed by atoms with Crippen molar-refractivity contribution in [1.82, 2.24) is 0 Å². The van der Waals surface area contributed by atoms with E-state index in [0.717, 1.165) is 17.8 Å². The van der Waals surface area contributed by atoms with Crippen LogP contribution >= 0.6 is 0 Å². The topological polar surface area (TPSA) is 0 Å². The van der Waals surface area contributed by atoms with Crippen LogP contribution in [0.15, 0.2) is 0 Å². The van der Waals surface area contributed by atoms with Gasteiger partial charge in [-0.3, -0.25) is 0 Å². The molecule has 0 aromatic carbocycles. The normalized spacial score (nSPS) is 35.1. The fourth-order valence-corrected chi connectivity index (χ4v) is 1.77. The summed E-state index contributed by atoms with van der Waals surface area (Å²) in [5, 5.41) is 0. The third kappa shape index (κ3) is 1.74. The van der Waals surface area contributed by atoms with Gasteiger partial charge in [-0.25, -0.2) is 0 Å². The number of hydrogen-bond acceptors (Lipinski definition) is 0. The highest BCUT2D eigenvalue weighted by Crippen LogP contribution is 2.38. The second-order valence-corrected chi connectivity index (χ2v) is 4.06. The Morgan fingerprint density at radius 3 is 2.40 bits per heavy atom. The van der Waals surface area contributed by atoms with E-state index in [1.165, 1.54) is 25.7 Å². The predicted octanol–water partition coefficient (Wildman–Crippen LogP) is 3.47. The molecule has 0 saturated heterocycles. The molecule has 1 fully saturated rings. The maximum absolute atomic E-state index is 2.40. The molecule has 1 aliphatic rings. The van der Waals surface area contributed by atoms with Crippen molar-refractivity contribution in [2.45, 2.75) is 46.5 Å². The van der Waals surface area contributed by atoms with E-state index in [2.05, 4.69) is 20.8 Å². The highest BCUT2D eigenvalue weighted by Gasteiger charge is 2.27. The summed E-state index contributed by atoms with van der Waals surface area (Å²) in [7, 11) is 0. The summed E-state index contributed by atoms with van der Waals surface area (Å²) < 4.78 is 0. The third-order valence-electron chi connectivity index (χ3n) is 3.20. The molecule has 0 heteroatoms. The minimum absolute atomic E-state index is 0.966. The van der Waals surface area contributed by atoms with Gasteiger partial charge in [-0.1, -0.05) is 33.6 Å². The van der Waals surface area contributed by atoms with Crippen LogP contribution in [-0.2, 0) is 0 Å². The van der Waals surface area contributed by atoms with Crippen molar-refractivity contribution in [3.05, 3.63) is 0 Å². The molecule has 1 rings (SSSR count). The fraction of sp³-hybridized carbons (Fsp3) is 1.00. The van der Waals surface area contributed by atoms with Crippen molar-refractivity contribution in [3.63, 3.8) is 0 Å². The fourth-order valence-electron chi connectivity index (χ4n) is 1.77. The molecule has 0 radical (unpaired) electrons. The maximum atomic E-state index is 2.40. The van der Waals surface area contributed by atoms with Crippen LogP contribution in [0.4, 0.5) is 0 Å². The van der Waals surface area contributed by atoms with E-state index in [4.69, 9.17) is 0 Å². The Hall–Kier alpha value is 0. The van der Waals surface area contributed by atoms with Crippen LogP contribution in [0.25, 0.3) is 0 Å². The molecule has 0 spiro atoms. The smallest absolute Gasteiger partial charge is 0.0386 e. The second-order valence-electron chi connectivity index (χ2n) is 4.06. The van der Waals surface area contributed by atoms with E-state index in [0.29, 0.717) is 0 Å². The van der Waals surface area contributed by atoms with Gasteiger partial charge in [-0.2, -0.15) is 0 Å². The lowest BCUT2D eigenvalue weighted by molar-refractivity contribution is 0.159. The molecule has 0 amide bonds. The van der Waals surface area contributed by atoms with E-state index in [1.807, 2.05) is 0 Å². The molecule has 0 aromatic heterocycles. The maximum Gasteiger partial charge on any atom is -0.0386 e. The second kappa shape index (κ2) is 3.41. The SMILES string of the molecule is CCC(C)CC1CCC1C. The first-order chi connectivity index (χ1) is 4.74. The summed E-state index contributed by atoms with van der Waals surface area (Å²) >= 11 is 0. The first kappa shape index (κ1) is 8.10. The molecule has 1 aliphatic carbocycles. The van der Waals surface area contributed by atoms with Gasteiger partial charge in [-0.15, -0.1) is 0 Å². The Kier molecular flexibility index (Phi) is 2.76. The van der Waals surface area contributed by atoms with Crippen LogP contribution in [0.5, 0.6) is 0 Å². The predicted molar refractivity (Wildman–Crippen MR) is 46.0 cm³/mol. The number of rotatable bonds is 3.